The summed E-state index contributed by atoms with van der Waals surface area (Å²) in [7, 11) is -3.30. The largest absolute Gasteiger partial charge is 0.334 e. The van der Waals surface area contributed by atoms with Crippen molar-refractivity contribution in [2.75, 3.05) is 10.5 Å². The van der Waals surface area contributed by atoms with Gasteiger partial charge < -0.3 is 4.52 Å². The molecule has 124 valence electrons. The lowest BCUT2D eigenvalue weighted by molar-refractivity contribution is 0.432. The van der Waals surface area contributed by atoms with E-state index in [0.717, 1.165) is 0 Å². The van der Waals surface area contributed by atoms with E-state index in [1.165, 1.54) is 0 Å². The van der Waals surface area contributed by atoms with Crippen molar-refractivity contribution in [3.63, 3.8) is 0 Å². The molecule has 2 aromatic carbocycles. The molecule has 24 heavy (non-hydrogen) atoms. The van der Waals surface area contributed by atoms with Gasteiger partial charge in [-0.05, 0) is 43.3 Å². The van der Waals surface area contributed by atoms with Crippen molar-refractivity contribution in [1.29, 1.82) is 0 Å². The molecule has 3 aromatic rings. The molecule has 1 N–H and O–H groups in total. The van der Waals surface area contributed by atoms with E-state index in [4.69, 9.17) is 16.1 Å². The van der Waals surface area contributed by atoms with E-state index in [9.17, 15) is 8.42 Å². The highest BCUT2D eigenvalue weighted by Gasteiger charge is 2.13. The van der Waals surface area contributed by atoms with Crippen molar-refractivity contribution in [3.8, 4) is 22.8 Å². The van der Waals surface area contributed by atoms with Crippen molar-refractivity contribution >= 4 is 27.3 Å². The van der Waals surface area contributed by atoms with E-state index in [1.807, 2.05) is 12.1 Å². The number of rotatable bonds is 5. The Morgan fingerprint density at radius 3 is 2.50 bits per heavy atom. The molecule has 6 nitrogen and oxygen atoms in total. The summed E-state index contributed by atoms with van der Waals surface area (Å²) in [5.74, 6) is 0.738. The summed E-state index contributed by atoms with van der Waals surface area (Å²) in [6, 6.07) is 13.9. The van der Waals surface area contributed by atoms with Crippen LogP contribution in [0.3, 0.4) is 0 Å². The third-order valence-electron chi connectivity index (χ3n) is 3.33. The molecule has 1 aromatic heterocycles. The smallest absolute Gasteiger partial charge is 0.259 e. The van der Waals surface area contributed by atoms with Crippen LogP contribution in [0.1, 0.15) is 6.92 Å². The fourth-order valence-corrected chi connectivity index (χ4v) is 2.88. The van der Waals surface area contributed by atoms with Gasteiger partial charge in [0.1, 0.15) is 0 Å². The number of nitrogens with zero attached hydrogens (tertiary/aromatic N) is 2. The third kappa shape index (κ3) is 3.58. The van der Waals surface area contributed by atoms with Gasteiger partial charge in [0.2, 0.25) is 15.8 Å². The van der Waals surface area contributed by atoms with Crippen LogP contribution in [0.4, 0.5) is 5.69 Å². The van der Waals surface area contributed by atoms with Crippen LogP contribution < -0.4 is 4.72 Å². The maximum atomic E-state index is 11.6. The average Bonchev–Trinajstić information content (AvgIpc) is 3.05. The van der Waals surface area contributed by atoms with Crippen LogP contribution >= 0.6 is 11.6 Å². The van der Waals surface area contributed by atoms with E-state index in [1.54, 1.807) is 43.3 Å². The summed E-state index contributed by atoms with van der Waals surface area (Å²) in [6.45, 7) is 1.58. The van der Waals surface area contributed by atoms with Gasteiger partial charge in [0.05, 0.1) is 16.3 Å². The highest BCUT2D eigenvalue weighted by atomic mass is 35.5. The Morgan fingerprint density at radius 1 is 1.12 bits per heavy atom. The fourth-order valence-electron chi connectivity index (χ4n) is 2.02. The van der Waals surface area contributed by atoms with Crippen LogP contribution in [-0.4, -0.2) is 24.3 Å². The predicted octanol–water partition coefficient (Wildman–Crippen LogP) is 3.82. The van der Waals surface area contributed by atoms with Gasteiger partial charge in [-0.1, -0.05) is 28.9 Å². The van der Waals surface area contributed by atoms with E-state index < -0.39 is 10.0 Å². The number of nitrogens with one attached hydrogen (secondary N) is 1. The molecule has 0 atom stereocenters. The molecule has 0 saturated carbocycles. The first kappa shape index (κ1) is 16.5. The molecular formula is C16H14ClN3O3S. The summed E-state index contributed by atoms with van der Waals surface area (Å²) >= 11 is 6.12. The number of sulfonamides is 1. The zero-order valence-corrected chi connectivity index (χ0v) is 14.3. The van der Waals surface area contributed by atoms with Crippen molar-refractivity contribution in [1.82, 2.24) is 10.1 Å². The SMILES string of the molecule is CCS(=O)(=O)Nc1ccc(-c2noc(-c3ccccc3Cl)n2)cc1. The Morgan fingerprint density at radius 2 is 1.83 bits per heavy atom. The average molecular weight is 364 g/mol. The second-order valence-electron chi connectivity index (χ2n) is 4.99. The molecule has 0 aliphatic carbocycles. The first-order valence-corrected chi connectivity index (χ1v) is 9.21. The van der Waals surface area contributed by atoms with E-state index in [-0.39, 0.29) is 5.75 Å². The molecule has 8 heteroatoms. The monoisotopic (exact) mass is 363 g/mol. The second kappa shape index (κ2) is 6.62. The summed E-state index contributed by atoms with van der Waals surface area (Å²) in [4.78, 5) is 4.33. The van der Waals surface area contributed by atoms with Crippen LogP contribution in [0.15, 0.2) is 53.1 Å². The highest BCUT2D eigenvalue weighted by molar-refractivity contribution is 7.92. The van der Waals surface area contributed by atoms with Gasteiger partial charge in [0, 0.05) is 11.3 Å². The van der Waals surface area contributed by atoms with Gasteiger partial charge in [-0.3, -0.25) is 4.72 Å². The predicted molar refractivity (Wildman–Crippen MR) is 93.3 cm³/mol. The summed E-state index contributed by atoms with van der Waals surface area (Å²) < 4.78 is 30.8. The molecule has 0 radical (unpaired) electrons. The van der Waals surface area contributed by atoms with Gasteiger partial charge >= 0.3 is 0 Å². The maximum Gasteiger partial charge on any atom is 0.259 e. The summed E-state index contributed by atoms with van der Waals surface area (Å²) in [6.07, 6.45) is 0. The van der Waals surface area contributed by atoms with Crippen LogP contribution in [0.5, 0.6) is 0 Å². The maximum absolute atomic E-state index is 11.6. The quantitative estimate of drug-likeness (QED) is 0.744. The lowest BCUT2D eigenvalue weighted by Crippen LogP contribution is -2.14. The molecule has 0 saturated heterocycles. The molecule has 0 bridgehead atoms. The lowest BCUT2D eigenvalue weighted by Gasteiger charge is -2.05. The molecule has 0 unspecified atom stereocenters. The molecule has 0 amide bonds. The van der Waals surface area contributed by atoms with E-state index >= 15 is 0 Å². The standard InChI is InChI=1S/C16H14ClN3O3S/c1-2-24(21,22)20-12-9-7-11(8-10-12)15-18-16(23-19-15)13-5-3-4-6-14(13)17/h3-10,20H,2H2,1H3. The van der Waals surface area contributed by atoms with Crippen molar-refractivity contribution in [2.45, 2.75) is 6.92 Å². The summed E-state index contributed by atoms with van der Waals surface area (Å²) in [5, 5.41) is 4.47. The van der Waals surface area contributed by atoms with Gasteiger partial charge in [-0.2, -0.15) is 4.98 Å². The van der Waals surface area contributed by atoms with Crippen molar-refractivity contribution in [2.24, 2.45) is 0 Å². The van der Waals surface area contributed by atoms with Gasteiger partial charge in [-0.15, -0.1) is 0 Å². The number of hydrogen-bond acceptors (Lipinski definition) is 5. The minimum atomic E-state index is -3.30. The summed E-state index contributed by atoms with van der Waals surface area (Å²) in [5.41, 5.74) is 1.84. The number of halogens is 1. The van der Waals surface area contributed by atoms with E-state index in [2.05, 4.69) is 14.9 Å². The Hall–Kier alpha value is -2.38. The number of hydrogen-bond donors (Lipinski definition) is 1. The minimum Gasteiger partial charge on any atom is -0.334 e. The second-order valence-corrected chi connectivity index (χ2v) is 7.40. The first-order chi connectivity index (χ1) is 11.5. The zero-order chi connectivity index (χ0) is 17.2. The van der Waals surface area contributed by atoms with Gasteiger partial charge in [-0.25, -0.2) is 8.42 Å². The Kier molecular flexibility index (Phi) is 4.55. The van der Waals surface area contributed by atoms with E-state index in [0.29, 0.717) is 33.6 Å². The Balaban J connectivity index is 1.85. The molecule has 1 heterocycles. The third-order valence-corrected chi connectivity index (χ3v) is 4.96. The Bertz CT molecular complexity index is 953. The minimum absolute atomic E-state index is 0.0147. The molecule has 0 aliphatic heterocycles. The van der Waals surface area contributed by atoms with Crippen LogP contribution in [0, 0.1) is 0 Å². The number of aromatic nitrogens is 2. The van der Waals surface area contributed by atoms with Crippen LogP contribution in [-0.2, 0) is 10.0 Å². The van der Waals surface area contributed by atoms with Crippen LogP contribution in [0.25, 0.3) is 22.8 Å². The number of anilines is 1. The van der Waals surface area contributed by atoms with Crippen molar-refractivity contribution in [3.05, 3.63) is 53.6 Å². The number of benzene rings is 2. The van der Waals surface area contributed by atoms with Crippen LogP contribution in [0.2, 0.25) is 5.02 Å². The zero-order valence-electron chi connectivity index (χ0n) is 12.7. The fraction of sp³-hybridized carbons (Fsp3) is 0.125. The topological polar surface area (TPSA) is 85.1 Å². The molecular weight excluding hydrogens is 350 g/mol. The molecule has 0 spiro atoms. The molecule has 0 aliphatic rings. The lowest BCUT2D eigenvalue weighted by atomic mass is 10.2. The van der Waals surface area contributed by atoms with Crippen molar-refractivity contribution < 1.29 is 12.9 Å². The van der Waals surface area contributed by atoms with Gasteiger partial charge in [0.25, 0.3) is 5.89 Å². The molecule has 0 fully saturated rings. The first-order valence-electron chi connectivity index (χ1n) is 7.18. The van der Waals surface area contributed by atoms with Gasteiger partial charge in [0.15, 0.2) is 0 Å². The highest BCUT2D eigenvalue weighted by Crippen LogP contribution is 2.28. The normalized spacial score (nSPS) is 11.4. The molecule has 3 rings (SSSR count). The Labute approximate surface area is 144 Å².